The maximum Gasteiger partial charge on any atom is 0.324 e. The smallest absolute Gasteiger partial charge is 0.324 e. The molecule has 0 bridgehead atoms. The Morgan fingerprint density at radius 2 is 2.08 bits per heavy atom. The molecule has 0 aliphatic carbocycles. The zero-order valence-corrected chi connectivity index (χ0v) is 8.60. The molecule has 13 heavy (non-hydrogen) atoms. The van der Waals surface area contributed by atoms with Crippen molar-refractivity contribution in [3.63, 3.8) is 0 Å². The highest BCUT2D eigenvalue weighted by atomic mass is 32.2. The summed E-state index contributed by atoms with van der Waals surface area (Å²) in [6.45, 7) is 4.63. The van der Waals surface area contributed by atoms with Gasteiger partial charge in [0.2, 0.25) is 0 Å². The van der Waals surface area contributed by atoms with Gasteiger partial charge in [0.1, 0.15) is 0 Å². The summed E-state index contributed by atoms with van der Waals surface area (Å²) in [4.78, 5) is 10.8. The first kappa shape index (κ1) is 12.2. The first-order chi connectivity index (χ1) is 5.75. The fraction of sp³-hybridized carbons (Fsp3) is 0.625. The van der Waals surface area contributed by atoms with Crippen molar-refractivity contribution in [2.24, 2.45) is 0 Å². The second-order valence-corrected chi connectivity index (χ2v) is 5.58. The third kappa shape index (κ3) is 2.55. The Kier molecular flexibility index (Phi) is 3.66. The quantitative estimate of drug-likeness (QED) is 0.677. The van der Waals surface area contributed by atoms with Crippen molar-refractivity contribution in [2.75, 3.05) is 6.26 Å². The lowest BCUT2D eigenvalue weighted by molar-refractivity contribution is -0.139. The number of allylic oxidation sites excluding steroid dienone is 1. The molecule has 0 amide bonds. The van der Waals surface area contributed by atoms with E-state index in [1.807, 2.05) is 0 Å². The number of sulfone groups is 1. The number of rotatable bonds is 5. The SMILES string of the molecule is C=CCC[C@](C)(C(=O)O)S(C)(=O)=O. The summed E-state index contributed by atoms with van der Waals surface area (Å²) >= 11 is 0. The van der Waals surface area contributed by atoms with E-state index in [0.717, 1.165) is 6.26 Å². The molecule has 0 heterocycles. The molecule has 0 unspecified atom stereocenters. The Morgan fingerprint density at radius 3 is 2.31 bits per heavy atom. The van der Waals surface area contributed by atoms with E-state index in [1.165, 1.54) is 13.0 Å². The standard InChI is InChI=1S/C8H14O4S/c1-4-5-6-8(2,7(9)10)13(3,11)12/h4H,1,5-6H2,2-3H3,(H,9,10)/t8-/m1/s1. The van der Waals surface area contributed by atoms with E-state index in [0.29, 0.717) is 6.42 Å². The van der Waals surface area contributed by atoms with Gasteiger partial charge in [-0.1, -0.05) is 6.08 Å². The van der Waals surface area contributed by atoms with Gasteiger partial charge in [0.25, 0.3) is 0 Å². The molecule has 0 aromatic rings. The molecule has 0 saturated heterocycles. The van der Waals surface area contributed by atoms with Crippen molar-refractivity contribution in [3.05, 3.63) is 12.7 Å². The minimum atomic E-state index is -3.58. The van der Waals surface area contributed by atoms with Gasteiger partial charge in [-0.05, 0) is 19.8 Å². The molecular formula is C8H14O4S. The van der Waals surface area contributed by atoms with Crippen LogP contribution >= 0.6 is 0 Å². The molecule has 0 aromatic carbocycles. The van der Waals surface area contributed by atoms with Gasteiger partial charge in [-0.3, -0.25) is 4.79 Å². The summed E-state index contributed by atoms with van der Waals surface area (Å²) in [7, 11) is -3.58. The summed E-state index contributed by atoms with van der Waals surface area (Å²) in [6, 6.07) is 0. The molecule has 0 aliphatic heterocycles. The van der Waals surface area contributed by atoms with Crippen LogP contribution in [0.25, 0.3) is 0 Å². The maximum absolute atomic E-state index is 11.2. The number of aliphatic carboxylic acids is 1. The molecule has 0 spiro atoms. The summed E-state index contributed by atoms with van der Waals surface area (Å²) in [5.41, 5.74) is 0. The van der Waals surface area contributed by atoms with Crippen molar-refractivity contribution in [1.82, 2.24) is 0 Å². The van der Waals surface area contributed by atoms with Crippen molar-refractivity contribution in [2.45, 2.75) is 24.5 Å². The van der Waals surface area contributed by atoms with Crippen LogP contribution in [0.4, 0.5) is 0 Å². The lowest BCUT2D eigenvalue weighted by Gasteiger charge is -2.21. The average molecular weight is 206 g/mol. The average Bonchev–Trinajstić information content (AvgIpc) is 1.97. The van der Waals surface area contributed by atoms with Gasteiger partial charge in [0, 0.05) is 6.26 Å². The molecular weight excluding hydrogens is 192 g/mol. The molecule has 1 atom stereocenters. The number of hydrogen-bond acceptors (Lipinski definition) is 3. The maximum atomic E-state index is 11.2. The molecule has 0 radical (unpaired) electrons. The van der Waals surface area contributed by atoms with Gasteiger partial charge >= 0.3 is 5.97 Å². The van der Waals surface area contributed by atoms with Crippen LogP contribution in [0, 0.1) is 0 Å². The van der Waals surface area contributed by atoms with Crippen LogP contribution in [0.1, 0.15) is 19.8 Å². The molecule has 0 fully saturated rings. The van der Waals surface area contributed by atoms with Crippen molar-refractivity contribution in [3.8, 4) is 0 Å². The fourth-order valence-electron chi connectivity index (χ4n) is 0.828. The fourth-order valence-corrected chi connectivity index (χ4v) is 1.63. The van der Waals surface area contributed by atoms with E-state index in [9.17, 15) is 13.2 Å². The van der Waals surface area contributed by atoms with Crippen LogP contribution in [0.3, 0.4) is 0 Å². The van der Waals surface area contributed by atoms with E-state index in [-0.39, 0.29) is 6.42 Å². The third-order valence-electron chi connectivity index (χ3n) is 2.10. The topological polar surface area (TPSA) is 71.4 Å². The highest BCUT2D eigenvalue weighted by Gasteiger charge is 2.42. The Bertz CT molecular complexity index is 304. The Labute approximate surface area is 78.2 Å². The summed E-state index contributed by atoms with van der Waals surface area (Å²) in [5, 5.41) is 8.78. The number of hydrogen-bond donors (Lipinski definition) is 1. The van der Waals surface area contributed by atoms with Crippen molar-refractivity contribution in [1.29, 1.82) is 0 Å². The van der Waals surface area contributed by atoms with E-state index < -0.39 is 20.6 Å². The Hall–Kier alpha value is -0.840. The molecule has 1 N–H and O–H groups in total. The molecule has 0 aliphatic rings. The van der Waals surface area contributed by atoms with E-state index in [2.05, 4.69) is 6.58 Å². The largest absolute Gasteiger partial charge is 0.480 e. The van der Waals surface area contributed by atoms with Crippen LogP contribution in [-0.2, 0) is 14.6 Å². The minimum absolute atomic E-state index is 0.0602. The summed E-state index contributed by atoms with van der Waals surface area (Å²) in [6.07, 6.45) is 2.87. The van der Waals surface area contributed by atoms with Crippen LogP contribution in [0.15, 0.2) is 12.7 Å². The molecule has 0 aromatic heterocycles. The highest BCUT2D eigenvalue weighted by Crippen LogP contribution is 2.22. The first-order valence-corrected chi connectivity index (χ1v) is 5.68. The van der Waals surface area contributed by atoms with E-state index in [1.54, 1.807) is 0 Å². The normalized spacial score (nSPS) is 16.2. The predicted molar refractivity (Wildman–Crippen MR) is 50.3 cm³/mol. The molecule has 0 saturated carbocycles. The van der Waals surface area contributed by atoms with Gasteiger partial charge in [0.05, 0.1) is 0 Å². The van der Waals surface area contributed by atoms with Gasteiger partial charge in [-0.2, -0.15) is 0 Å². The van der Waals surface area contributed by atoms with E-state index in [4.69, 9.17) is 5.11 Å². The third-order valence-corrected chi connectivity index (χ3v) is 4.11. The summed E-state index contributed by atoms with van der Waals surface area (Å²) < 4.78 is 20.7. The number of carboxylic acids is 1. The molecule has 5 heteroatoms. The Morgan fingerprint density at radius 1 is 1.62 bits per heavy atom. The molecule has 4 nitrogen and oxygen atoms in total. The zero-order valence-electron chi connectivity index (χ0n) is 7.78. The van der Waals surface area contributed by atoms with Gasteiger partial charge in [-0.15, -0.1) is 6.58 Å². The second kappa shape index (κ2) is 3.91. The minimum Gasteiger partial charge on any atom is -0.480 e. The monoisotopic (exact) mass is 206 g/mol. The first-order valence-electron chi connectivity index (χ1n) is 3.79. The predicted octanol–water partition coefficient (Wildman–Crippen LogP) is 0.841. The van der Waals surface area contributed by atoms with E-state index >= 15 is 0 Å². The molecule has 0 rings (SSSR count). The number of carboxylic acid groups (broad SMARTS) is 1. The Balaban J connectivity index is 4.97. The van der Waals surface area contributed by atoms with Crippen LogP contribution in [0.2, 0.25) is 0 Å². The van der Waals surface area contributed by atoms with Crippen molar-refractivity contribution >= 4 is 15.8 Å². The zero-order chi connectivity index (χ0) is 10.7. The van der Waals surface area contributed by atoms with Crippen LogP contribution < -0.4 is 0 Å². The highest BCUT2D eigenvalue weighted by molar-refractivity contribution is 7.92. The van der Waals surface area contributed by atoms with Gasteiger partial charge in [0.15, 0.2) is 14.6 Å². The number of carbonyl (C=O) groups is 1. The second-order valence-electron chi connectivity index (χ2n) is 3.14. The lowest BCUT2D eigenvalue weighted by atomic mass is 10.1. The van der Waals surface area contributed by atoms with Gasteiger partial charge in [-0.25, -0.2) is 8.42 Å². The lowest BCUT2D eigenvalue weighted by Crippen LogP contribution is -2.42. The van der Waals surface area contributed by atoms with Crippen LogP contribution in [0.5, 0.6) is 0 Å². The van der Waals surface area contributed by atoms with Crippen LogP contribution in [-0.4, -0.2) is 30.5 Å². The van der Waals surface area contributed by atoms with Gasteiger partial charge < -0.3 is 5.11 Å². The molecule has 76 valence electrons. The van der Waals surface area contributed by atoms with Crippen molar-refractivity contribution < 1.29 is 18.3 Å². The summed E-state index contributed by atoms with van der Waals surface area (Å²) in [5.74, 6) is -1.31.